The third-order valence-corrected chi connectivity index (χ3v) is 7.09. The van der Waals surface area contributed by atoms with Gasteiger partial charge in [-0.1, -0.05) is 38.6 Å². The van der Waals surface area contributed by atoms with E-state index >= 15 is 0 Å². The summed E-state index contributed by atoms with van der Waals surface area (Å²) in [6.45, 7) is 10.2. The van der Waals surface area contributed by atoms with Crippen LogP contribution in [0.4, 0.5) is 0 Å². The summed E-state index contributed by atoms with van der Waals surface area (Å²) >= 11 is 0. The Kier molecular flexibility index (Phi) is 7.01. The second-order valence-corrected chi connectivity index (χ2v) is 9.60. The largest absolute Gasteiger partial charge is 0.361 e. The van der Waals surface area contributed by atoms with Crippen molar-refractivity contribution in [2.24, 2.45) is 17.8 Å². The highest BCUT2D eigenvalue weighted by atomic mass is 35.5. The molecule has 4 heterocycles. The third kappa shape index (κ3) is 4.13. The molecular weight excluding hydrogens is 428 g/mol. The number of benzene rings is 1. The average molecular weight is 463 g/mol. The van der Waals surface area contributed by atoms with Gasteiger partial charge in [-0.25, -0.2) is 0 Å². The van der Waals surface area contributed by atoms with Crippen LogP contribution in [0.1, 0.15) is 32.3 Å². The van der Waals surface area contributed by atoms with Crippen molar-refractivity contribution in [3.8, 4) is 0 Å². The summed E-state index contributed by atoms with van der Waals surface area (Å²) in [5.74, 6) is 0.0439. The van der Waals surface area contributed by atoms with Gasteiger partial charge in [-0.15, -0.1) is 12.4 Å². The second-order valence-electron chi connectivity index (χ2n) is 9.60. The van der Waals surface area contributed by atoms with Crippen LogP contribution in [0.5, 0.6) is 0 Å². The molecule has 3 saturated heterocycles. The maximum atomic E-state index is 6.31. The first-order valence-electron chi connectivity index (χ1n) is 11.5. The summed E-state index contributed by atoms with van der Waals surface area (Å²) in [5.41, 5.74) is 3.55. The number of halogens is 1. The van der Waals surface area contributed by atoms with E-state index in [-0.39, 0.29) is 30.5 Å². The molecule has 1 aromatic heterocycles. The summed E-state index contributed by atoms with van der Waals surface area (Å²) in [5, 5.41) is 5.06. The molecular formula is C25H35ClN2O4. The van der Waals surface area contributed by atoms with Crippen LogP contribution in [0.15, 0.2) is 42.6 Å². The maximum Gasteiger partial charge on any atom is 0.186 e. The Hall–Kier alpha value is -1.41. The quantitative estimate of drug-likeness (QED) is 0.569. The highest BCUT2D eigenvalue weighted by Crippen LogP contribution is 2.56. The number of hydrogen-bond donors (Lipinski definition) is 2. The molecule has 4 bridgehead atoms. The van der Waals surface area contributed by atoms with Crippen LogP contribution < -0.4 is 5.32 Å². The van der Waals surface area contributed by atoms with E-state index in [1.807, 2.05) is 0 Å². The van der Waals surface area contributed by atoms with Crippen molar-refractivity contribution in [1.82, 2.24) is 10.3 Å². The van der Waals surface area contributed by atoms with Gasteiger partial charge in [0, 0.05) is 36.7 Å². The maximum absolute atomic E-state index is 6.31. The van der Waals surface area contributed by atoms with Gasteiger partial charge in [-0.3, -0.25) is 0 Å². The molecule has 5 unspecified atom stereocenters. The molecule has 2 aromatic rings. The van der Waals surface area contributed by atoms with Crippen molar-refractivity contribution < 1.29 is 18.9 Å². The van der Waals surface area contributed by atoms with Crippen LogP contribution in [-0.2, 0) is 25.4 Å². The van der Waals surface area contributed by atoms with Gasteiger partial charge in [0.1, 0.15) is 0 Å². The number of rotatable bonds is 8. The number of aromatic nitrogens is 1. The zero-order valence-electron chi connectivity index (χ0n) is 19.1. The Morgan fingerprint density at radius 2 is 2.12 bits per heavy atom. The number of fused-ring (bicyclic) bond motifs is 2. The molecule has 1 aromatic carbocycles. The first kappa shape index (κ1) is 23.7. The lowest BCUT2D eigenvalue weighted by atomic mass is 9.66. The summed E-state index contributed by atoms with van der Waals surface area (Å²) < 4.78 is 24.6. The van der Waals surface area contributed by atoms with Crippen LogP contribution in [0.25, 0.3) is 10.9 Å². The van der Waals surface area contributed by atoms with E-state index in [9.17, 15) is 0 Å². The fourth-order valence-corrected chi connectivity index (χ4v) is 5.58. The highest BCUT2D eigenvalue weighted by Gasteiger charge is 2.64. The minimum absolute atomic E-state index is 0. The summed E-state index contributed by atoms with van der Waals surface area (Å²) in [6.07, 6.45) is 4.14. The van der Waals surface area contributed by atoms with E-state index in [4.69, 9.17) is 18.9 Å². The zero-order valence-corrected chi connectivity index (χ0v) is 20.0. The monoisotopic (exact) mass is 462 g/mol. The number of hydrogen-bond acceptors (Lipinski definition) is 5. The number of ether oxygens (including phenoxy) is 4. The summed E-state index contributed by atoms with van der Waals surface area (Å²) in [6, 6.07) is 8.75. The molecule has 32 heavy (non-hydrogen) atoms. The number of aromatic amines is 1. The van der Waals surface area contributed by atoms with Crippen LogP contribution in [-0.4, -0.2) is 49.7 Å². The van der Waals surface area contributed by atoms with E-state index in [0.717, 1.165) is 31.4 Å². The topological polar surface area (TPSA) is 64.7 Å². The Labute approximate surface area is 196 Å². The summed E-state index contributed by atoms with van der Waals surface area (Å²) in [7, 11) is 1.74. The molecule has 1 aliphatic carbocycles. The van der Waals surface area contributed by atoms with Gasteiger partial charge in [0.15, 0.2) is 18.4 Å². The van der Waals surface area contributed by atoms with E-state index in [0.29, 0.717) is 18.6 Å². The van der Waals surface area contributed by atoms with Crippen molar-refractivity contribution in [1.29, 1.82) is 0 Å². The Morgan fingerprint density at radius 1 is 1.31 bits per heavy atom. The van der Waals surface area contributed by atoms with Gasteiger partial charge >= 0.3 is 0 Å². The average Bonchev–Trinajstić information content (AvgIpc) is 3.18. The SMILES string of the molecule is C=C1C2O[C@@H](OCC(C)C)C3C1CC(NCCc1c[nH]c4ccccc14)CC3(OC)O2.Cl. The zero-order chi connectivity index (χ0) is 21.6. The third-order valence-electron chi connectivity index (χ3n) is 7.09. The summed E-state index contributed by atoms with van der Waals surface area (Å²) in [4.78, 5) is 3.37. The van der Waals surface area contributed by atoms with Crippen molar-refractivity contribution in [2.45, 2.75) is 57.5 Å². The molecule has 6 atom stereocenters. The van der Waals surface area contributed by atoms with Gasteiger partial charge in [0.2, 0.25) is 0 Å². The Balaban J connectivity index is 0.00000245. The number of nitrogens with one attached hydrogen (secondary N) is 2. The fraction of sp³-hybridized carbons (Fsp3) is 0.600. The van der Waals surface area contributed by atoms with Crippen molar-refractivity contribution in [3.63, 3.8) is 0 Å². The molecule has 176 valence electrons. The van der Waals surface area contributed by atoms with Crippen molar-refractivity contribution in [2.75, 3.05) is 20.3 Å². The lowest BCUT2D eigenvalue weighted by Crippen LogP contribution is -2.69. The number of H-pyrrole nitrogens is 1. The van der Waals surface area contributed by atoms with Crippen LogP contribution in [0.3, 0.4) is 0 Å². The lowest BCUT2D eigenvalue weighted by molar-refractivity contribution is -0.448. The van der Waals surface area contributed by atoms with E-state index in [2.05, 4.69) is 61.2 Å². The number of methoxy groups -OCH3 is 1. The van der Waals surface area contributed by atoms with Crippen LogP contribution in [0, 0.1) is 17.8 Å². The molecule has 6 nitrogen and oxygen atoms in total. The first-order valence-corrected chi connectivity index (χ1v) is 11.5. The van der Waals surface area contributed by atoms with Crippen molar-refractivity contribution in [3.05, 3.63) is 48.2 Å². The molecule has 1 saturated carbocycles. The predicted molar refractivity (Wildman–Crippen MR) is 127 cm³/mol. The lowest BCUT2D eigenvalue weighted by Gasteiger charge is -2.61. The molecule has 0 radical (unpaired) electrons. The Morgan fingerprint density at radius 3 is 2.91 bits per heavy atom. The predicted octanol–water partition coefficient (Wildman–Crippen LogP) is 4.40. The molecule has 2 N–H and O–H groups in total. The van der Waals surface area contributed by atoms with Crippen LogP contribution >= 0.6 is 12.4 Å². The molecule has 0 amide bonds. The van der Waals surface area contributed by atoms with Crippen LogP contribution in [0.2, 0.25) is 0 Å². The van der Waals surface area contributed by atoms with Gasteiger partial charge in [-0.05, 0) is 48.4 Å². The van der Waals surface area contributed by atoms with E-state index in [1.165, 1.54) is 16.5 Å². The number of para-hydroxylation sites is 1. The minimum atomic E-state index is -0.687. The van der Waals surface area contributed by atoms with E-state index in [1.54, 1.807) is 7.11 Å². The van der Waals surface area contributed by atoms with Crippen molar-refractivity contribution >= 4 is 23.3 Å². The molecule has 3 aliphatic heterocycles. The standard InChI is InChI=1S/C25H34N2O4.ClH/c1-15(2)14-29-24-22-20-11-18(12-25(22,28-4)31-23(30-24)16(20)3)26-10-9-17-13-27-21-8-6-5-7-19(17)21;/h5-8,13,15,18,20,22-24,26-27H,3,9-12,14H2,1-2,4H3;1H/t18?,20?,22?,23?,24-,25?;/m1./s1. The molecule has 7 heteroatoms. The fourth-order valence-electron chi connectivity index (χ4n) is 5.58. The highest BCUT2D eigenvalue weighted by molar-refractivity contribution is 5.85. The van der Waals surface area contributed by atoms with Gasteiger partial charge in [-0.2, -0.15) is 0 Å². The van der Waals surface area contributed by atoms with Gasteiger partial charge in [0.25, 0.3) is 0 Å². The first-order chi connectivity index (χ1) is 15.0. The minimum Gasteiger partial charge on any atom is -0.361 e. The molecule has 4 fully saturated rings. The Bertz CT molecular complexity index is 947. The second kappa shape index (κ2) is 9.45. The molecule has 0 spiro atoms. The van der Waals surface area contributed by atoms with Gasteiger partial charge < -0.3 is 29.2 Å². The van der Waals surface area contributed by atoms with Gasteiger partial charge in [0.05, 0.1) is 12.5 Å². The van der Waals surface area contributed by atoms with E-state index < -0.39 is 12.1 Å². The normalized spacial score (nSPS) is 33.6. The molecule has 4 aliphatic rings. The smallest absolute Gasteiger partial charge is 0.186 e. The molecule has 6 rings (SSSR count).